The van der Waals surface area contributed by atoms with Crippen molar-refractivity contribution in [3.05, 3.63) is 41.2 Å². The molecule has 3 amide bonds. The van der Waals surface area contributed by atoms with Gasteiger partial charge >= 0.3 is 12.0 Å². The van der Waals surface area contributed by atoms with E-state index in [2.05, 4.69) is 35.8 Å². The van der Waals surface area contributed by atoms with Crippen LogP contribution in [0.4, 0.5) is 10.7 Å². The fraction of sp³-hybridized carbons (Fsp3) is 0.429. The molecule has 0 spiro atoms. The van der Waals surface area contributed by atoms with Gasteiger partial charge in [0.15, 0.2) is 0 Å². The maximum absolute atomic E-state index is 12.8. The van der Waals surface area contributed by atoms with Gasteiger partial charge < -0.3 is 0 Å². The van der Waals surface area contributed by atoms with E-state index in [0.29, 0.717) is 11.8 Å². The number of rotatable bonds is 4. The molecule has 1 aromatic heterocycles. The molecule has 7 nitrogen and oxygen atoms in total. The molecule has 0 bridgehead atoms. The van der Waals surface area contributed by atoms with E-state index in [1.807, 2.05) is 18.4 Å². The third-order valence-corrected chi connectivity index (χ3v) is 5.85. The van der Waals surface area contributed by atoms with Crippen LogP contribution in [0, 0.1) is 13.8 Å². The Labute approximate surface area is 164 Å². The van der Waals surface area contributed by atoms with Crippen molar-refractivity contribution in [2.24, 2.45) is 4.99 Å². The molecule has 0 N–H and O–H groups in total. The van der Waals surface area contributed by atoms with E-state index in [-0.39, 0.29) is 11.9 Å². The second-order valence-corrected chi connectivity index (χ2v) is 7.56. The number of amidine groups is 1. The van der Waals surface area contributed by atoms with Gasteiger partial charge in [0.25, 0.3) is 5.91 Å². The number of carbonyl (C=O) groups is 2. The van der Waals surface area contributed by atoms with E-state index in [1.165, 1.54) is 35.3 Å². The van der Waals surface area contributed by atoms with Gasteiger partial charge in [-0.1, -0.05) is 30.5 Å². The van der Waals surface area contributed by atoms with Crippen LogP contribution in [0.25, 0.3) is 5.69 Å². The number of aliphatic imine (C=N–C) groups is 1. The Hall–Kier alpha value is -2.96. The number of aromatic nitrogens is 2. The lowest BCUT2D eigenvalue weighted by atomic mass is 10.1. The molecule has 146 valence electrons. The van der Waals surface area contributed by atoms with Crippen LogP contribution < -0.4 is 4.57 Å². The highest BCUT2D eigenvalue weighted by atomic mass is 16.2. The minimum Gasteiger partial charge on any atom is -0.270 e. The molecule has 2 aliphatic rings. The number of urea groups is 1. The quantitative estimate of drug-likeness (QED) is 0.766. The number of hydrogen-bond donors (Lipinski definition) is 0. The summed E-state index contributed by atoms with van der Waals surface area (Å²) in [6.07, 6.45) is 3.43. The standard InChI is InChI=1S/C21H26N5O2/c1-6-7-8-15-9-11-16(12-10-15)25-13(2)14(3)26-17-18(22-20(25)26)23(4)21(28)24(5)19(17)27/h9-12,17H,6-8H2,1-5H3/q+1. The maximum atomic E-state index is 12.8. The predicted octanol–water partition coefficient (Wildman–Crippen LogP) is 2.83. The summed E-state index contributed by atoms with van der Waals surface area (Å²) >= 11 is 0. The molecule has 1 unspecified atom stereocenters. The molecule has 2 aromatic rings. The van der Waals surface area contributed by atoms with E-state index < -0.39 is 6.04 Å². The molecule has 7 heteroatoms. The van der Waals surface area contributed by atoms with Gasteiger partial charge in [-0.3, -0.25) is 14.6 Å². The van der Waals surface area contributed by atoms with Crippen molar-refractivity contribution in [3.63, 3.8) is 0 Å². The Kier molecular flexibility index (Phi) is 4.33. The number of fused-ring (bicyclic) bond motifs is 3. The minimum atomic E-state index is -0.591. The van der Waals surface area contributed by atoms with Crippen molar-refractivity contribution in [1.82, 2.24) is 14.4 Å². The zero-order valence-electron chi connectivity index (χ0n) is 17.1. The van der Waals surface area contributed by atoms with E-state index in [1.54, 1.807) is 7.05 Å². The smallest absolute Gasteiger partial charge is 0.270 e. The largest absolute Gasteiger partial charge is 0.407 e. The average molecular weight is 380 g/mol. The van der Waals surface area contributed by atoms with Gasteiger partial charge in [0.1, 0.15) is 17.1 Å². The first-order valence-corrected chi connectivity index (χ1v) is 9.73. The van der Waals surface area contributed by atoms with Crippen LogP contribution in [0.15, 0.2) is 29.3 Å². The molecule has 1 saturated heterocycles. The molecule has 0 saturated carbocycles. The molecule has 0 radical (unpaired) electrons. The number of imidazole rings is 1. The third-order valence-electron chi connectivity index (χ3n) is 5.85. The van der Waals surface area contributed by atoms with Crippen LogP contribution >= 0.6 is 0 Å². The number of unbranched alkanes of at least 4 members (excludes halogenated alkanes) is 1. The topological polar surface area (TPSA) is 61.8 Å². The summed E-state index contributed by atoms with van der Waals surface area (Å²) in [6.45, 7) is 6.22. The monoisotopic (exact) mass is 380 g/mol. The van der Waals surface area contributed by atoms with Crippen LogP contribution in [-0.4, -0.2) is 46.2 Å². The summed E-state index contributed by atoms with van der Waals surface area (Å²) in [5.74, 6) is 0.917. The first-order chi connectivity index (χ1) is 13.4. The van der Waals surface area contributed by atoms with Crippen LogP contribution in [0.2, 0.25) is 0 Å². The molecule has 4 rings (SSSR count). The van der Waals surface area contributed by atoms with Crippen molar-refractivity contribution in [2.45, 2.75) is 46.1 Å². The number of hydrogen-bond acceptors (Lipinski definition) is 3. The Bertz CT molecular complexity index is 1000. The number of aryl methyl sites for hydroxylation is 1. The molecule has 3 heterocycles. The second kappa shape index (κ2) is 6.58. The van der Waals surface area contributed by atoms with Crippen molar-refractivity contribution in [1.29, 1.82) is 0 Å². The van der Waals surface area contributed by atoms with Gasteiger partial charge in [-0.05, 0) is 44.4 Å². The molecule has 1 atom stereocenters. The summed E-state index contributed by atoms with van der Waals surface area (Å²) in [6, 6.07) is 7.56. The van der Waals surface area contributed by atoms with Gasteiger partial charge in [-0.2, -0.15) is 4.57 Å². The minimum absolute atomic E-state index is 0.249. The molecular weight excluding hydrogens is 354 g/mol. The summed E-state index contributed by atoms with van der Waals surface area (Å²) in [4.78, 5) is 32.5. The average Bonchev–Trinajstić information content (AvgIpc) is 3.19. The van der Waals surface area contributed by atoms with Gasteiger partial charge in [0.05, 0.1) is 0 Å². The maximum Gasteiger partial charge on any atom is 0.407 e. The van der Waals surface area contributed by atoms with E-state index in [0.717, 1.165) is 23.5 Å². The SMILES string of the molecule is CCCCc1ccc(-n2c(C)c(C)[n+]3c2N=C2C3C(=O)N(C)C(=O)N2C)cc1. The van der Waals surface area contributed by atoms with E-state index >= 15 is 0 Å². The van der Waals surface area contributed by atoms with Gasteiger partial charge in [0.2, 0.25) is 11.9 Å². The second-order valence-electron chi connectivity index (χ2n) is 7.56. The number of imide groups is 1. The summed E-state index contributed by atoms with van der Waals surface area (Å²) in [7, 11) is 3.18. The lowest BCUT2D eigenvalue weighted by Gasteiger charge is -2.30. The van der Waals surface area contributed by atoms with Crippen molar-refractivity contribution >= 4 is 23.7 Å². The van der Waals surface area contributed by atoms with Gasteiger partial charge in [-0.15, -0.1) is 0 Å². The summed E-state index contributed by atoms with van der Waals surface area (Å²) < 4.78 is 4.01. The van der Waals surface area contributed by atoms with Crippen molar-refractivity contribution in [3.8, 4) is 5.69 Å². The molecule has 1 fully saturated rings. The lowest BCUT2D eigenvalue weighted by Crippen LogP contribution is -2.62. The highest BCUT2D eigenvalue weighted by Crippen LogP contribution is 2.32. The Morgan fingerprint density at radius 3 is 2.39 bits per heavy atom. The summed E-state index contributed by atoms with van der Waals surface area (Å²) in [5.41, 5.74) is 4.33. The third kappa shape index (κ3) is 2.49. The number of amides is 3. The number of carbonyl (C=O) groups excluding carboxylic acids is 2. The van der Waals surface area contributed by atoms with E-state index in [4.69, 9.17) is 4.99 Å². The number of nitrogens with zero attached hydrogens (tertiary/aromatic N) is 5. The fourth-order valence-electron chi connectivity index (χ4n) is 4.02. The first kappa shape index (κ1) is 18.4. The number of benzene rings is 1. The van der Waals surface area contributed by atoms with Crippen LogP contribution in [0.1, 0.15) is 42.8 Å². The highest BCUT2D eigenvalue weighted by Gasteiger charge is 2.53. The first-order valence-electron chi connectivity index (χ1n) is 9.73. The molecule has 1 aromatic carbocycles. The lowest BCUT2D eigenvalue weighted by molar-refractivity contribution is -0.682. The highest BCUT2D eigenvalue weighted by molar-refractivity contribution is 6.18. The van der Waals surface area contributed by atoms with E-state index in [9.17, 15) is 9.59 Å². The van der Waals surface area contributed by atoms with Gasteiger partial charge in [0, 0.05) is 14.1 Å². The zero-order chi connectivity index (χ0) is 20.2. The Morgan fingerprint density at radius 2 is 1.75 bits per heavy atom. The molecule has 28 heavy (non-hydrogen) atoms. The van der Waals surface area contributed by atoms with Crippen LogP contribution in [0.3, 0.4) is 0 Å². The summed E-state index contributed by atoms with van der Waals surface area (Å²) in [5, 5.41) is 0. The number of likely N-dealkylation sites (N-methyl/N-ethyl adjacent to an activating group) is 2. The Balaban J connectivity index is 1.82. The molecular formula is C21H26N5O2+. The van der Waals surface area contributed by atoms with Crippen LogP contribution in [0.5, 0.6) is 0 Å². The van der Waals surface area contributed by atoms with Gasteiger partial charge in [-0.25, -0.2) is 9.36 Å². The van der Waals surface area contributed by atoms with Crippen LogP contribution in [-0.2, 0) is 11.2 Å². The molecule has 0 aliphatic carbocycles. The Morgan fingerprint density at radius 1 is 1.07 bits per heavy atom. The predicted molar refractivity (Wildman–Crippen MR) is 106 cm³/mol. The fourth-order valence-corrected chi connectivity index (χ4v) is 4.02. The zero-order valence-corrected chi connectivity index (χ0v) is 17.1. The van der Waals surface area contributed by atoms with Crippen molar-refractivity contribution < 1.29 is 14.2 Å². The molecule has 2 aliphatic heterocycles. The normalized spacial score (nSPS) is 18.5. The van der Waals surface area contributed by atoms with Crippen molar-refractivity contribution in [2.75, 3.05) is 14.1 Å².